The van der Waals surface area contributed by atoms with E-state index < -0.39 is 15.9 Å². The summed E-state index contributed by atoms with van der Waals surface area (Å²) in [6.45, 7) is 4.29. The first-order valence-electron chi connectivity index (χ1n) is 8.82. The predicted octanol–water partition coefficient (Wildman–Crippen LogP) is 3.48. The maximum atomic E-state index is 12.7. The van der Waals surface area contributed by atoms with Gasteiger partial charge in [-0.1, -0.05) is 56.3 Å². The van der Waals surface area contributed by atoms with Gasteiger partial charge in [0.1, 0.15) is 4.90 Å². The second-order valence-electron chi connectivity index (χ2n) is 6.95. The van der Waals surface area contributed by atoms with Crippen molar-refractivity contribution in [3.05, 3.63) is 71.9 Å². The summed E-state index contributed by atoms with van der Waals surface area (Å²) in [5.74, 6) is -0.0156. The van der Waals surface area contributed by atoms with Gasteiger partial charge in [-0.15, -0.1) is 0 Å². The Morgan fingerprint density at radius 3 is 2.37 bits per heavy atom. The monoisotopic (exact) mass is 382 g/mol. The fourth-order valence-electron chi connectivity index (χ4n) is 2.98. The summed E-state index contributed by atoms with van der Waals surface area (Å²) in [5, 5.41) is 0.702. The van der Waals surface area contributed by atoms with Crippen LogP contribution < -0.4 is 4.72 Å². The fraction of sp³-hybridized carbons (Fsp3) is 0.238. The maximum absolute atomic E-state index is 12.7. The quantitative estimate of drug-likeness (QED) is 0.708. The van der Waals surface area contributed by atoms with Crippen LogP contribution in [0, 0.1) is 5.92 Å². The molecule has 1 heterocycles. The Kier molecular flexibility index (Phi) is 5.56. The standard InChI is InChI=1S/C21H22N2O3S/c1-15(2)13-16-8-10-17(11-9-16)14-20(24)23-27(25,26)19-7-3-5-18-6-4-12-22-21(18)19/h3-12,15H,13-14H2,1-2H3,(H,23,24). The number of sulfonamides is 1. The zero-order valence-corrected chi connectivity index (χ0v) is 16.2. The van der Waals surface area contributed by atoms with Crippen LogP contribution in [0.4, 0.5) is 0 Å². The SMILES string of the molecule is CC(C)Cc1ccc(CC(=O)NS(=O)(=O)c2cccc3cccnc23)cc1. The molecule has 0 aliphatic rings. The van der Waals surface area contributed by atoms with Crippen LogP contribution in [0.25, 0.3) is 10.9 Å². The van der Waals surface area contributed by atoms with Crippen molar-refractivity contribution in [3.8, 4) is 0 Å². The second kappa shape index (κ2) is 7.88. The van der Waals surface area contributed by atoms with Crippen molar-refractivity contribution in [2.75, 3.05) is 0 Å². The van der Waals surface area contributed by atoms with E-state index in [9.17, 15) is 13.2 Å². The average molecular weight is 382 g/mol. The third kappa shape index (κ3) is 4.71. The van der Waals surface area contributed by atoms with Crippen molar-refractivity contribution in [1.29, 1.82) is 0 Å². The normalized spacial score (nSPS) is 11.7. The molecule has 0 aliphatic carbocycles. The molecule has 27 heavy (non-hydrogen) atoms. The Morgan fingerprint density at radius 1 is 1.00 bits per heavy atom. The Morgan fingerprint density at radius 2 is 1.67 bits per heavy atom. The number of hydrogen-bond acceptors (Lipinski definition) is 4. The summed E-state index contributed by atoms with van der Waals surface area (Å²) in [4.78, 5) is 16.4. The Balaban J connectivity index is 1.74. The molecule has 0 fully saturated rings. The molecule has 5 nitrogen and oxygen atoms in total. The molecule has 0 atom stereocenters. The van der Waals surface area contributed by atoms with Gasteiger partial charge in [0.05, 0.1) is 11.9 Å². The molecule has 0 bridgehead atoms. The number of amides is 1. The van der Waals surface area contributed by atoms with E-state index in [2.05, 4.69) is 23.6 Å². The lowest BCUT2D eigenvalue weighted by Crippen LogP contribution is -2.32. The molecule has 0 saturated carbocycles. The van der Waals surface area contributed by atoms with Gasteiger partial charge < -0.3 is 0 Å². The lowest BCUT2D eigenvalue weighted by atomic mass is 10.0. The van der Waals surface area contributed by atoms with E-state index in [-0.39, 0.29) is 11.3 Å². The molecule has 1 N–H and O–H groups in total. The van der Waals surface area contributed by atoms with Crippen molar-refractivity contribution in [3.63, 3.8) is 0 Å². The van der Waals surface area contributed by atoms with Gasteiger partial charge in [0.25, 0.3) is 10.0 Å². The predicted molar refractivity (Wildman–Crippen MR) is 106 cm³/mol. The van der Waals surface area contributed by atoms with Crippen LogP contribution in [-0.4, -0.2) is 19.3 Å². The number of aromatic nitrogens is 1. The van der Waals surface area contributed by atoms with Gasteiger partial charge in [-0.2, -0.15) is 0 Å². The van der Waals surface area contributed by atoms with Crippen LogP contribution in [0.2, 0.25) is 0 Å². The lowest BCUT2D eigenvalue weighted by Gasteiger charge is -2.10. The fourth-order valence-corrected chi connectivity index (χ4v) is 4.15. The van der Waals surface area contributed by atoms with Crippen molar-refractivity contribution in [2.45, 2.75) is 31.6 Å². The van der Waals surface area contributed by atoms with Gasteiger partial charge in [0.15, 0.2) is 0 Å². The van der Waals surface area contributed by atoms with Gasteiger partial charge in [-0.25, -0.2) is 13.1 Å². The van der Waals surface area contributed by atoms with Crippen LogP contribution in [0.1, 0.15) is 25.0 Å². The summed E-state index contributed by atoms with van der Waals surface area (Å²) in [7, 11) is -3.99. The molecule has 1 aromatic heterocycles. The number of carbonyl (C=O) groups excluding carboxylic acids is 1. The van der Waals surface area contributed by atoms with Gasteiger partial charge in [-0.3, -0.25) is 9.78 Å². The number of pyridine rings is 1. The minimum absolute atomic E-state index is 0.000612. The molecule has 0 unspecified atom stereocenters. The highest BCUT2D eigenvalue weighted by Gasteiger charge is 2.21. The second-order valence-corrected chi connectivity index (χ2v) is 8.60. The van der Waals surface area contributed by atoms with E-state index in [1.165, 1.54) is 17.8 Å². The van der Waals surface area contributed by atoms with Crippen LogP contribution in [0.15, 0.2) is 65.7 Å². The Bertz CT molecular complexity index is 1050. The zero-order chi connectivity index (χ0) is 19.4. The van der Waals surface area contributed by atoms with Crippen molar-refractivity contribution in [1.82, 2.24) is 9.71 Å². The molecule has 6 heteroatoms. The van der Waals surface area contributed by atoms with Crippen LogP contribution in [-0.2, 0) is 27.7 Å². The first-order valence-corrected chi connectivity index (χ1v) is 10.3. The molecule has 140 valence electrons. The number of fused-ring (bicyclic) bond motifs is 1. The largest absolute Gasteiger partial charge is 0.274 e. The van der Waals surface area contributed by atoms with Crippen molar-refractivity contribution in [2.24, 2.45) is 5.92 Å². The molecule has 0 aliphatic heterocycles. The smallest absolute Gasteiger partial charge is 0.266 e. The molecule has 2 aromatic carbocycles. The Hall–Kier alpha value is -2.73. The highest BCUT2D eigenvalue weighted by atomic mass is 32.2. The molecule has 0 spiro atoms. The first-order chi connectivity index (χ1) is 12.8. The number of nitrogens with one attached hydrogen (secondary N) is 1. The summed E-state index contributed by atoms with van der Waals surface area (Å²) < 4.78 is 27.5. The molecular weight excluding hydrogens is 360 g/mol. The van der Waals surface area contributed by atoms with Gasteiger partial charge >= 0.3 is 0 Å². The van der Waals surface area contributed by atoms with Crippen LogP contribution in [0.3, 0.4) is 0 Å². The van der Waals surface area contributed by atoms with E-state index >= 15 is 0 Å². The first kappa shape index (κ1) is 19.0. The van der Waals surface area contributed by atoms with Crippen molar-refractivity contribution < 1.29 is 13.2 Å². The average Bonchev–Trinajstić information content (AvgIpc) is 2.62. The highest BCUT2D eigenvalue weighted by molar-refractivity contribution is 7.90. The molecule has 0 radical (unpaired) electrons. The highest BCUT2D eigenvalue weighted by Crippen LogP contribution is 2.20. The van der Waals surface area contributed by atoms with E-state index in [0.29, 0.717) is 16.8 Å². The van der Waals surface area contributed by atoms with Gasteiger partial charge in [-0.05, 0) is 35.6 Å². The summed E-state index contributed by atoms with van der Waals surface area (Å²) in [6.07, 6.45) is 2.50. The lowest BCUT2D eigenvalue weighted by molar-refractivity contribution is -0.118. The topological polar surface area (TPSA) is 76.1 Å². The summed E-state index contributed by atoms with van der Waals surface area (Å²) >= 11 is 0. The number of carbonyl (C=O) groups is 1. The number of benzene rings is 2. The third-order valence-corrected chi connectivity index (χ3v) is 5.57. The molecule has 0 saturated heterocycles. The molecule has 3 rings (SSSR count). The van der Waals surface area contributed by atoms with E-state index in [4.69, 9.17) is 0 Å². The number of hydrogen-bond donors (Lipinski definition) is 1. The minimum atomic E-state index is -3.99. The number of nitrogens with zero attached hydrogens (tertiary/aromatic N) is 1. The maximum Gasteiger partial charge on any atom is 0.266 e. The summed E-state index contributed by atoms with van der Waals surface area (Å²) in [6, 6.07) is 16.1. The van der Waals surface area contributed by atoms with Gasteiger partial charge in [0.2, 0.25) is 5.91 Å². The molecule has 3 aromatic rings. The van der Waals surface area contributed by atoms with Crippen molar-refractivity contribution >= 4 is 26.8 Å². The third-order valence-electron chi connectivity index (χ3n) is 4.17. The number of rotatable bonds is 6. The van der Waals surface area contributed by atoms with Crippen LogP contribution in [0.5, 0.6) is 0 Å². The summed E-state index contributed by atoms with van der Waals surface area (Å²) in [5.41, 5.74) is 2.31. The Labute approximate surface area is 159 Å². The molecule has 1 amide bonds. The van der Waals surface area contributed by atoms with E-state index in [1.807, 2.05) is 24.3 Å². The molecular formula is C21H22N2O3S. The zero-order valence-electron chi connectivity index (χ0n) is 15.3. The van der Waals surface area contributed by atoms with E-state index in [0.717, 1.165) is 12.0 Å². The number of para-hydroxylation sites is 1. The van der Waals surface area contributed by atoms with Gasteiger partial charge in [0, 0.05) is 11.6 Å². The minimum Gasteiger partial charge on any atom is -0.274 e. The van der Waals surface area contributed by atoms with Crippen LogP contribution >= 0.6 is 0 Å². The van der Waals surface area contributed by atoms with E-state index in [1.54, 1.807) is 24.3 Å².